The Morgan fingerprint density at radius 3 is 2.57 bits per heavy atom. The van der Waals surface area contributed by atoms with Gasteiger partial charge in [-0.05, 0) is 38.0 Å². The van der Waals surface area contributed by atoms with Crippen LogP contribution in [0.1, 0.15) is 28.4 Å². The highest BCUT2D eigenvalue weighted by atomic mass is 32.2. The predicted octanol–water partition coefficient (Wildman–Crippen LogP) is 1.41. The molecule has 2 rings (SSSR count). The third-order valence-corrected chi connectivity index (χ3v) is 5.80. The van der Waals surface area contributed by atoms with Crippen molar-refractivity contribution in [1.82, 2.24) is 4.31 Å². The Kier molecular flexibility index (Phi) is 4.36. The molecule has 0 aliphatic carbocycles. The molecule has 1 aromatic rings. The van der Waals surface area contributed by atoms with Crippen molar-refractivity contribution >= 4 is 16.0 Å². The molecule has 1 fully saturated rings. The van der Waals surface area contributed by atoms with Gasteiger partial charge in [0.05, 0.1) is 23.7 Å². The fraction of sp³-hybridized carbons (Fsp3) is 0.500. The van der Waals surface area contributed by atoms with Crippen molar-refractivity contribution in [2.24, 2.45) is 0 Å². The van der Waals surface area contributed by atoms with Crippen LogP contribution in [-0.2, 0) is 14.8 Å². The second-order valence-electron chi connectivity index (χ2n) is 5.28. The van der Waals surface area contributed by atoms with Gasteiger partial charge in [-0.3, -0.25) is 0 Å². The predicted molar refractivity (Wildman–Crippen MR) is 77.0 cm³/mol. The molecule has 0 bridgehead atoms. The molecule has 0 radical (unpaired) electrons. The number of sulfonamides is 1. The first-order chi connectivity index (χ1) is 9.75. The number of benzene rings is 1. The number of carbonyl (C=O) groups is 1. The number of carboxylic acid groups (broad SMARTS) is 1. The Labute approximate surface area is 124 Å². The van der Waals surface area contributed by atoms with Crippen LogP contribution in [0, 0.1) is 13.8 Å². The van der Waals surface area contributed by atoms with Gasteiger partial charge >= 0.3 is 5.97 Å². The third-order valence-electron chi connectivity index (χ3n) is 3.65. The zero-order chi connectivity index (χ0) is 15.8. The molecule has 0 spiro atoms. The first kappa shape index (κ1) is 15.9. The monoisotopic (exact) mass is 313 g/mol. The smallest absolute Gasteiger partial charge is 0.335 e. The van der Waals surface area contributed by atoms with Gasteiger partial charge in [-0.15, -0.1) is 0 Å². The van der Waals surface area contributed by atoms with Gasteiger partial charge in [0, 0.05) is 12.6 Å². The molecular weight excluding hydrogens is 294 g/mol. The van der Waals surface area contributed by atoms with E-state index in [1.54, 1.807) is 26.8 Å². The Morgan fingerprint density at radius 2 is 2.00 bits per heavy atom. The Balaban J connectivity index is 2.54. The summed E-state index contributed by atoms with van der Waals surface area (Å²) in [6, 6.07) is 2.59. The van der Waals surface area contributed by atoms with Crippen LogP contribution in [0.2, 0.25) is 0 Å². The van der Waals surface area contributed by atoms with Gasteiger partial charge in [0.1, 0.15) is 0 Å². The van der Waals surface area contributed by atoms with E-state index in [4.69, 9.17) is 4.74 Å². The van der Waals surface area contributed by atoms with Crippen molar-refractivity contribution in [2.45, 2.75) is 31.7 Å². The van der Waals surface area contributed by atoms with Crippen LogP contribution in [0.4, 0.5) is 0 Å². The summed E-state index contributed by atoms with van der Waals surface area (Å²) in [4.78, 5) is 11.3. The Bertz CT molecular complexity index is 668. The molecule has 1 aliphatic rings. The molecule has 0 saturated carbocycles. The highest BCUT2D eigenvalue weighted by molar-refractivity contribution is 7.89. The van der Waals surface area contributed by atoms with Crippen molar-refractivity contribution in [3.8, 4) is 0 Å². The zero-order valence-electron chi connectivity index (χ0n) is 12.3. The number of aryl methyl sites for hydroxylation is 2. The summed E-state index contributed by atoms with van der Waals surface area (Å²) in [6.07, 6.45) is 0. The number of nitrogens with zero attached hydrogens (tertiary/aromatic N) is 1. The van der Waals surface area contributed by atoms with Gasteiger partial charge in [-0.25, -0.2) is 13.2 Å². The lowest BCUT2D eigenvalue weighted by atomic mass is 10.1. The average molecular weight is 313 g/mol. The van der Waals surface area contributed by atoms with Gasteiger partial charge in [-0.1, -0.05) is 6.07 Å². The highest BCUT2D eigenvalue weighted by Crippen LogP contribution is 2.26. The molecule has 1 saturated heterocycles. The average Bonchev–Trinajstić information content (AvgIpc) is 2.38. The molecule has 1 aliphatic heterocycles. The van der Waals surface area contributed by atoms with Gasteiger partial charge in [-0.2, -0.15) is 4.31 Å². The Morgan fingerprint density at radius 1 is 1.33 bits per heavy atom. The van der Waals surface area contributed by atoms with E-state index in [2.05, 4.69) is 0 Å². The van der Waals surface area contributed by atoms with E-state index in [9.17, 15) is 18.3 Å². The molecular formula is C14H19NO5S. The minimum atomic E-state index is -3.72. The summed E-state index contributed by atoms with van der Waals surface area (Å²) in [5, 5.41) is 9.18. The SMILES string of the molecule is Cc1cc(C)c(S(=O)(=O)N2CCOCC2C)cc1C(=O)O. The first-order valence-corrected chi connectivity index (χ1v) is 8.13. The number of carboxylic acids is 1. The van der Waals surface area contributed by atoms with Crippen LogP contribution in [0.5, 0.6) is 0 Å². The van der Waals surface area contributed by atoms with Gasteiger partial charge in [0.15, 0.2) is 0 Å². The van der Waals surface area contributed by atoms with Crippen LogP contribution in [0.15, 0.2) is 17.0 Å². The first-order valence-electron chi connectivity index (χ1n) is 6.69. The number of aromatic carboxylic acids is 1. The maximum Gasteiger partial charge on any atom is 0.335 e. The molecule has 0 amide bonds. The van der Waals surface area contributed by atoms with E-state index in [1.165, 1.54) is 10.4 Å². The number of hydrogen-bond donors (Lipinski definition) is 1. The molecule has 1 aromatic carbocycles. The maximum absolute atomic E-state index is 12.8. The van der Waals surface area contributed by atoms with E-state index in [0.29, 0.717) is 24.3 Å². The third kappa shape index (κ3) is 2.95. The van der Waals surface area contributed by atoms with Crippen LogP contribution >= 0.6 is 0 Å². The van der Waals surface area contributed by atoms with Crippen LogP contribution in [-0.4, -0.2) is 49.6 Å². The minimum absolute atomic E-state index is 0.0140. The highest BCUT2D eigenvalue weighted by Gasteiger charge is 2.33. The standard InChI is InChI=1S/C14H19NO5S/c1-9-6-10(2)13(7-12(9)14(16)17)21(18,19)15-4-5-20-8-11(15)3/h6-7,11H,4-5,8H2,1-3H3,(H,16,17). The fourth-order valence-electron chi connectivity index (χ4n) is 2.54. The molecule has 7 heteroatoms. The maximum atomic E-state index is 12.8. The van der Waals surface area contributed by atoms with Crippen molar-refractivity contribution < 1.29 is 23.1 Å². The normalized spacial score (nSPS) is 20.4. The van der Waals surface area contributed by atoms with Crippen LogP contribution in [0.3, 0.4) is 0 Å². The van der Waals surface area contributed by atoms with Crippen molar-refractivity contribution in [3.63, 3.8) is 0 Å². The van der Waals surface area contributed by atoms with Crippen molar-refractivity contribution in [1.29, 1.82) is 0 Å². The molecule has 1 unspecified atom stereocenters. The van der Waals surface area contributed by atoms with Crippen LogP contribution in [0.25, 0.3) is 0 Å². The van der Waals surface area contributed by atoms with E-state index in [-0.39, 0.29) is 23.0 Å². The summed E-state index contributed by atoms with van der Waals surface area (Å²) in [6.45, 7) is 6.08. The Hall–Kier alpha value is -1.44. The number of morpholine rings is 1. The minimum Gasteiger partial charge on any atom is -0.478 e. The summed E-state index contributed by atoms with van der Waals surface area (Å²) in [5.41, 5.74) is 1.12. The lowest BCUT2D eigenvalue weighted by Gasteiger charge is -2.32. The lowest BCUT2D eigenvalue weighted by molar-refractivity contribution is 0.0392. The summed E-state index contributed by atoms with van der Waals surface area (Å²) >= 11 is 0. The van der Waals surface area contributed by atoms with E-state index in [1.807, 2.05) is 0 Å². The van der Waals surface area contributed by atoms with Crippen molar-refractivity contribution in [2.75, 3.05) is 19.8 Å². The van der Waals surface area contributed by atoms with E-state index in [0.717, 1.165) is 0 Å². The second kappa shape index (κ2) is 5.75. The van der Waals surface area contributed by atoms with Crippen LogP contribution < -0.4 is 0 Å². The summed E-state index contributed by atoms with van der Waals surface area (Å²) in [5.74, 6) is -1.13. The topological polar surface area (TPSA) is 83.9 Å². The van der Waals surface area contributed by atoms with Crippen molar-refractivity contribution in [3.05, 3.63) is 28.8 Å². The molecule has 1 heterocycles. The van der Waals surface area contributed by atoms with E-state index >= 15 is 0 Å². The molecule has 21 heavy (non-hydrogen) atoms. The van der Waals surface area contributed by atoms with Gasteiger partial charge in [0.25, 0.3) is 0 Å². The van der Waals surface area contributed by atoms with E-state index < -0.39 is 16.0 Å². The zero-order valence-corrected chi connectivity index (χ0v) is 13.1. The van der Waals surface area contributed by atoms with Gasteiger partial charge < -0.3 is 9.84 Å². The fourth-order valence-corrected chi connectivity index (χ4v) is 4.37. The quantitative estimate of drug-likeness (QED) is 0.912. The molecule has 116 valence electrons. The number of rotatable bonds is 3. The largest absolute Gasteiger partial charge is 0.478 e. The molecule has 0 aromatic heterocycles. The molecule has 6 nitrogen and oxygen atoms in total. The summed E-state index contributed by atoms with van der Waals surface area (Å²) < 4.78 is 32.2. The summed E-state index contributed by atoms with van der Waals surface area (Å²) in [7, 11) is -3.72. The lowest BCUT2D eigenvalue weighted by Crippen LogP contribution is -2.47. The van der Waals surface area contributed by atoms with Gasteiger partial charge in [0.2, 0.25) is 10.0 Å². The molecule has 1 atom stereocenters. The molecule has 1 N–H and O–H groups in total. The number of hydrogen-bond acceptors (Lipinski definition) is 4. The second-order valence-corrected chi connectivity index (χ2v) is 7.14. The number of ether oxygens (including phenoxy) is 1.